The zero-order valence-corrected chi connectivity index (χ0v) is 20.0. The number of sulfone groups is 1. The zero-order chi connectivity index (χ0) is 25.3. The molecule has 0 bridgehead atoms. The summed E-state index contributed by atoms with van der Waals surface area (Å²) in [5, 5.41) is 9.09. The van der Waals surface area contributed by atoms with E-state index in [9.17, 15) is 18.0 Å². The second-order valence-corrected chi connectivity index (χ2v) is 10.5. The van der Waals surface area contributed by atoms with Gasteiger partial charge in [-0.2, -0.15) is 5.26 Å². The Labute approximate surface area is 208 Å². The van der Waals surface area contributed by atoms with Crippen molar-refractivity contribution in [3.63, 3.8) is 0 Å². The minimum Gasteiger partial charge on any atom is -0.459 e. The standard InChI is InChI=1S/C27H22N2O6S/c28-15-18-7-9-19(10-8-18)16-29-23-14-20(27(31)35-17-21-4-3-13-34-21)11-12-25(23)36(32,33)24-6-2-1-5-22(24)26(29)30/h1-2,5-12,14,21H,3-4,13,16-17H2/t21-/m1/s1. The van der Waals surface area contributed by atoms with Gasteiger partial charge < -0.3 is 14.4 Å². The minimum atomic E-state index is -4.05. The molecule has 2 aliphatic rings. The summed E-state index contributed by atoms with van der Waals surface area (Å²) in [5.41, 5.74) is 1.42. The molecule has 0 spiro atoms. The van der Waals surface area contributed by atoms with E-state index in [0.29, 0.717) is 17.7 Å². The number of rotatable bonds is 5. The normalized spacial score (nSPS) is 18.0. The number of ether oxygens (including phenoxy) is 2. The number of hydrogen-bond acceptors (Lipinski definition) is 7. The molecule has 0 aliphatic carbocycles. The van der Waals surface area contributed by atoms with Gasteiger partial charge in [0.25, 0.3) is 5.91 Å². The maximum Gasteiger partial charge on any atom is 0.338 e. The van der Waals surface area contributed by atoms with Crippen molar-refractivity contribution in [3.05, 3.63) is 89.0 Å². The monoisotopic (exact) mass is 502 g/mol. The topological polar surface area (TPSA) is 114 Å². The predicted octanol–water partition coefficient (Wildman–Crippen LogP) is 3.89. The van der Waals surface area contributed by atoms with Crippen molar-refractivity contribution in [2.24, 2.45) is 0 Å². The first-order chi connectivity index (χ1) is 17.4. The average Bonchev–Trinajstić information content (AvgIpc) is 3.42. The van der Waals surface area contributed by atoms with Gasteiger partial charge in [0.2, 0.25) is 9.84 Å². The van der Waals surface area contributed by atoms with Gasteiger partial charge in [0.15, 0.2) is 0 Å². The van der Waals surface area contributed by atoms with E-state index in [1.807, 2.05) is 6.07 Å². The second kappa shape index (κ2) is 9.57. The highest BCUT2D eigenvalue weighted by Gasteiger charge is 2.36. The van der Waals surface area contributed by atoms with Crippen LogP contribution >= 0.6 is 0 Å². The molecule has 182 valence electrons. The molecule has 3 aromatic carbocycles. The molecule has 0 saturated carbocycles. The highest BCUT2D eigenvalue weighted by Crippen LogP contribution is 2.38. The van der Waals surface area contributed by atoms with Crippen LogP contribution in [0.15, 0.2) is 76.5 Å². The van der Waals surface area contributed by atoms with Gasteiger partial charge in [-0.15, -0.1) is 0 Å². The van der Waals surface area contributed by atoms with E-state index >= 15 is 0 Å². The zero-order valence-electron chi connectivity index (χ0n) is 19.2. The lowest BCUT2D eigenvalue weighted by molar-refractivity contribution is 0.0161. The number of fused-ring (bicyclic) bond motifs is 2. The largest absolute Gasteiger partial charge is 0.459 e. The maximum atomic E-state index is 13.7. The van der Waals surface area contributed by atoms with Crippen LogP contribution in [0.1, 0.15) is 44.7 Å². The van der Waals surface area contributed by atoms with Gasteiger partial charge in [0, 0.05) is 6.61 Å². The number of nitriles is 1. The summed E-state index contributed by atoms with van der Waals surface area (Å²) in [6, 6.07) is 18.9. The Bertz CT molecular complexity index is 1490. The average molecular weight is 503 g/mol. The molecular formula is C27H22N2O6S. The lowest BCUT2D eigenvalue weighted by Gasteiger charge is -2.23. The number of anilines is 1. The lowest BCUT2D eigenvalue weighted by Crippen LogP contribution is -2.30. The van der Waals surface area contributed by atoms with Crippen LogP contribution < -0.4 is 4.90 Å². The summed E-state index contributed by atoms with van der Waals surface area (Å²) in [7, 11) is -4.05. The second-order valence-electron chi connectivity index (χ2n) is 8.62. The van der Waals surface area contributed by atoms with Gasteiger partial charge in [0.1, 0.15) is 6.61 Å². The van der Waals surface area contributed by atoms with Gasteiger partial charge in [-0.25, -0.2) is 13.2 Å². The van der Waals surface area contributed by atoms with E-state index < -0.39 is 21.7 Å². The first-order valence-corrected chi connectivity index (χ1v) is 12.9. The summed E-state index contributed by atoms with van der Waals surface area (Å²) in [5.74, 6) is -1.14. The van der Waals surface area contributed by atoms with Crippen LogP contribution in [0, 0.1) is 11.3 Å². The fourth-order valence-corrected chi connectivity index (χ4v) is 6.02. The van der Waals surface area contributed by atoms with Crippen LogP contribution in [0.3, 0.4) is 0 Å². The summed E-state index contributed by atoms with van der Waals surface area (Å²) < 4.78 is 38.1. The van der Waals surface area contributed by atoms with Crippen molar-refractivity contribution in [2.75, 3.05) is 18.1 Å². The fourth-order valence-electron chi connectivity index (χ4n) is 4.39. The fraction of sp³-hybridized carbons (Fsp3) is 0.222. The molecule has 2 heterocycles. The molecule has 9 heteroatoms. The highest BCUT2D eigenvalue weighted by molar-refractivity contribution is 7.91. The predicted molar refractivity (Wildman–Crippen MR) is 129 cm³/mol. The van der Waals surface area contributed by atoms with Crippen molar-refractivity contribution < 1.29 is 27.5 Å². The highest BCUT2D eigenvalue weighted by atomic mass is 32.2. The van der Waals surface area contributed by atoms with Crippen LogP contribution in [-0.4, -0.2) is 39.6 Å². The molecule has 1 fully saturated rings. The molecule has 0 N–H and O–H groups in total. The Morgan fingerprint density at radius 1 is 1.08 bits per heavy atom. The molecule has 5 rings (SSSR count). The summed E-state index contributed by atoms with van der Waals surface area (Å²) >= 11 is 0. The molecule has 36 heavy (non-hydrogen) atoms. The third-order valence-electron chi connectivity index (χ3n) is 6.28. The van der Waals surface area contributed by atoms with E-state index in [1.165, 1.54) is 35.2 Å². The van der Waals surface area contributed by atoms with Crippen LogP contribution in [0.5, 0.6) is 0 Å². The molecular weight excluding hydrogens is 480 g/mol. The summed E-state index contributed by atoms with van der Waals surface area (Å²) in [4.78, 5) is 27.7. The Hall–Kier alpha value is -4.00. The first kappa shape index (κ1) is 23.7. The first-order valence-electron chi connectivity index (χ1n) is 11.5. The number of nitrogens with zero attached hydrogens (tertiary/aromatic N) is 2. The number of carbonyl (C=O) groups is 2. The Morgan fingerprint density at radius 2 is 1.86 bits per heavy atom. The van der Waals surface area contributed by atoms with E-state index in [4.69, 9.17) is 14.7 Å². The lowest BCUT2D eigenvalue weighted by atomic mass is 10.1. The Kier molecular flexibility index (Phi) is 6.31. The summed E-state index contributed by atoms with van der Waals surface area (Å²) in [6.45, 7) is 0.773. The number of esters is 1. The van der Waals surface area contributed by atoms with E-state index in [2.05, 4.69) is 0 Å². The van der Waals surface area contributed by atoms with Crippen molar-refractivity contribution in [1.82, 2.24) is 0 Å². The Morgan fingerprint density at radius 3 is 2.58 bits per heavy atom. The molecule has 0 aromatic heterocycles. The third-order valence-corrected chi connectivity index (χ3v) is 8.13. The van der Waals surface area contributed by atoms with Gasteiger partial charge in [0.05, 0.1) is 50.9 Å². The van der Waals surface area contributed by atoms with Gasteiger partial charge in [-0.1, -0.05) is 24.3 Å². The van der Waals surface area contributed by atoms with Crippen molar-refractivity contribution in [1.29, 1.82) is 5.26 Å². The SMILES string of the molecule is N#Cc1ccc(CN2C(=O)c3ccccc3S(=O)(=O)c3ccc(C(=O)OC[C@H]4CCCO4)cc32)cc1. The molecule has 0 unspecified atom stereocenters. The molecule has 1 amide bonds. The van der Waals surface area contributed by atoms with Gasteiger partial charge >= 0.3 is 5.97 Å². The number of hydrogen-bond donors (Lipinski definition) is 0. The number of amides is 1. The Balaban J connectivity index is 1.57. The van der Waals surface area contributed by atoms with Crippen LogP contribution in [0.4, 0.5) is 5.69 Å². The molecule has 0 radical (unpaired) electrons. The van der Waals surface area contributed by atoms with E-state index in [0.717, 1.165) is 12.8 Å². The van der Waals surface area contributed by atoms with Gasteiger partial charge in [-0.05, 0) is 60.9 Å². The third kappa shape index (κ3) is 4.37. The molecule has 1 atom stereocenters. The van der Waals surface area contributed by atoms with Crippen LogP contribution in [0.25, 0.3) is 0 Å². The molecule has 8 nitrogen and oxygen atoms in total. The molecule has 2 aliphatic heterocycles. The number of benzene rings is 3. The van der Waals surface area contributed by atoms with Crippen molar-refractivity contribution in [3.8, 4) is 6.07 Å². The number of carbonyl (C=O) groups excluding carboxylic acids is 2. The van der Waals surface area contributed by atoms with E-state index in [-0.39, 0.29) is 45.9 Å². The van der Waals surface area contributed by atoms with E-state index in [1.54, 1.807) is 36.4 Å². The van der Waals surface area contributed by atoms with Crippen molar-refractivity contribution in [2.45, 2.75) is 35.3 Å². The minimum absolute atomic E-state index is 0.0375. The van der Waals surface area contributed by atoms with Crippen molar-refractivity contribution >= 4 is 27.4 Å². The smallest absolute Gasteiger partial charge is 0.338 e. The molecule has 1 saturated heterocycles. The van der Waals surface area contributed by atoms with Crippen LogP contribution in [0.2, 0.25) is 0 Å². The quantitative estimate of drug-likeness (QED) is 0.486. The van der Waals surface area contributed by atoms with Crippen LogP contribution in [-0.2, 0) is 25.9 Å². The maximum absolute atomic E-state index is 13.7. The van der Waals surface area contributed by atoms with Gasteiger partial charge in [-0.3, -0.25) is 4.79 Å². The summed E-state index contributed by atoms with van der Waals surface area (Å²) in [6.07, 6.45) is 1.56. The molecule has 3 aromatic rings.